The zero-order chi connectivity index (χ0) is 14.3. The highest BCUT2D eigenvalue weighted by molar-refractivity contribution is 5.49. The Bertz CT molecular complexity index is 418. The van der Waals surface area contributed by atoms with Gasteiger partial charge in [-0.15, -0.1) is 6.58 Å². The first-order valence-corrected chi connectivity index (χ1v) is 6.46. The van der Waals surface area contributed by atoms with E-state index in [0.717, 1.165) is 11.1 Å². The van der Waals surface area contributed by atoms with E-state index < -0.39 is 0 Å². The Morgan fingerprint density at radius 2 is 2.21 bits per heavy atom. The van der Waals surface area contributed by atoms with Gasteiger partial charge >= 0.3 is 0 Å². The fourth-order valence-corrected chi connectivity index (χ4v) is 1.89. The molecule has 0 amide bonds. The van der Waals surface area contributed by atoms with E-state index in [-0.39, 0.29) is 18.4 Å². The number of benzene rings is 1. The van der Waals surface area contributed by atoms with E-state index in [1.165, 1.54) is 0 Å². The second kappa shape index (κ2) is 7.81. The summed E-state index contributed by atoms with van der Waals surface area (Å²) in [5.74, 6) is 0.653. The first-order valence-electron chi connectivity index (χ1n) is 6.46. The minimum atomic E-state index is 0.175. The van der Waals surface area contributed by atoms with Crippen LogP contribution in [0.5, 0.6) is 11.5 Å². The number of methoxy groups -OCH3 is 1. The van der Waals surface area contributed by atoms with Crippen LogP contribution in [0.15, 0.2) is 24.8 Å². The Balaban J connectivity index is 2.82. The summed E-state index contributed by atoms with van der Waals surface area (Å²) in [5.41, 5.74) is 1.84. The molecule has 0 radical (unpaired) electrons. The Morgan fingerprint density at radius 3 is 2.79 bits per heavy atom. The average molecular weight is 265 g/mol. The van der Waals surface area contributed by atoms with Gasteiger partial charge < -0.3 is 20.3 Å². The maximum absolute atomic E-state index is 9.98. The van der Waals surface area contributed by atoms with Gasteiger partial charge in [-0.25, -0.2) is 0 Å². The number of hydrogen-bond donors (Lipinski definition) is 3. The summed E-state index contributed by atoms with van der Waals surface area (Å²) in [7, 11) is 1.54. The summed E-state index contributed by atoms with van der Waals surface area (Å²) >= 11 is 0. The molecule has 0 aliphatic rings. The molecule has 1 aromatic rings. The second-order valence-electron chi connectivity index (χ2n) is 4.59. The molecule has 3 N–H and O–H groups in total. The lowest BCUT2D eigenvalue weighted by atomic mass is 10.1. The van der Waals surface area contributed by atoms with Crippen LogP contribution >= 0.6 is 0 Å². The summed E-state index contributed by atoms with van der Waals surface area (Å²) in [4.78, 5) is 0. The lowest BCUT2D eigenvalue weighted by molar-refractivity contribution is 0.268. The molecule has 0 bridgehead atoms. The van der Waals surface area contributed by atoms with Crippen molar-refractivity contribution in [2.45, 2.75) is 32.4 Å². The van der Waals surface area contributed by atoms with Crippen molar-refractivity contribution in [3.05, 3.63) is 35.9 Å². The number of phenols is 1. The molecule has 0 heterocycles. The summed E-state index contributed by atoms with van der Waals surface area (Å²) in [6.07, 6.45) is 3.07. The normalized spacial score (nSPS) is 12.2. The molecule has 0 saturated heterocycles. The molecule has 1 rings (SSSR count). The third-order valence-electron chi connectivity index (χ3n) is 3.01. The zero-order valence-corrected chi connectivity index (χ0v) is 11.6. The molecule has 0 saturated carbocycles. The minimum Gasteiger partial charge on any atom is -0.504 e. The first-order chi connectivity index (χ1) is 9.12. The topological polar surface area (TPSA) is 61.7 Å². The summed E-state index contributed by atoms with van der Waals surface area (Å²) in [6, 6.07) is 4.01. The van der Waals surface area contributed by atoms with E-state index >= 15 is 0 Å². The van der Waals surface area contributed by atoms with Crippen molar-refractivity contribution >= 4 is 0 Å². The minimum absolute atomic E-state index is 0.175. The van der Waals surface area contributed by atoms with Crippen molar-refractivity contribution in [2.75, 3.05) is 13.7 Å². The van der Waals surface area contributed by atoms with Crippen LogP contribution in [-0.4, -0.2) is 30.0 Å². The molecule has 0 aliphatic carbocycles. The number of nitrogens with one attached hydrogen (secondary N) is 1. The number of allylic oxidation sites excluding steroid dienone is 1. The van der Waals surface area contributed by atoms with E-state index in [1.54, 1.807) is 13.2 Å². The number of aliphatic hydroxyl groups excluding tert-OH is 1. The molecule has 106 valence electrons. The van der Waals surface area contributed by atoms with E-state index in [1.807, 2.05) is 19.1 Å². The van der Waals surface area contributed by atoms with Crippen LogP contribution in [0, 0.1) is 0 Å². The Hall–Kier alpha value is -1.52. The van der Waals surface area contributed by atoms with Gasteiger partial charge in [-0.1, -0.05) is 12.1 Å². The van der Waals surface area contributed by atoms with Gasteiger partial charge in [0.15, 0.2) is 11.5 Å². The molecule has 4 heteroatoms. The smallest absolute Gasteiger partial charge is 0.161 e. The van der Waals surface area contributed by atoms with Crippen molar-refractivity contribution < 1.29 is 14.9 Å². The van der Waals surface area contributed by atoms with Crippen LogP contribution in [0.2, 0.25) is 0 Å². The van der Waals surface area contributed by atoms with Crippen LogP contribution in [0.1, 0.15) is 24.5 Å². The van der Waals surface area contributed by atoms with Crippen LogP contribution in [0.4, 0.5) is 0 Å². The third-order valence-corrected chi connectivity index (χ3v) is 3.01. The largest absolute Gasteiger partial charge is 0.504 e. The zero-order valence-electron chi connectivity index (χ0n) is 11.6. The molecule has 1 aromatic carbocycles. The number of aromatic hydroxyl groups is 1. The van der Waals surface area contributed by atoms with Gasteiger partial charge in [-0.3, -0.25) is 0 Å². The predicted octanol–water partition coefficient (Wildman–Crippen LogP) is 1.99. The molecule has 1 unspecified atom stereocenters. The maximum atomic E-state index is 9.98. The molecule has 1 atom stereocenters. The van der Waals surface area contributed by atoms with Crippen molar-refractivity contribution in [2.24, 2.45) is 0 Å². The van der Waals surface area contributed by atoms with Crippen LogP contribution in [0.3, 0.4) is 0 Å². The Kier molecular flexibility index (Phi) is 6.39. The van der Waals surface area contributed by atoms with E-state index in [9.17, 15) is 5.11 Å². The highest BCUT2D eigenvalue weighted by atomic mass is 16.5. The molecule has 0 aromatic heterocycles. The highest BCUT2D eigenvalue weighted by Crippen LogP contribution is 2.32. The molecule has 0 aliphatic heterocycles. The van der Waals surface area contributed by atoms with Crippen LogP contribution in [0.25, 0.3) is 0 Å². The summed E-state index contributed by atoms with van der Waals surface area (Å²) in [5, 5.41) is 22.2. The number of ether oxygens (including phenoxy) is 1. The SMILES string of the molecule is C=CCc1cc(CNC(C)CCO)cc(OC)c1O. The average Bonchev–Trinajstić information content (AvgIpc) is 2.40. The lowest BCUT2D eigenvalue weighted by Crippen LogP contribution is -2.26. The van der Waals surface area contributed by atoms with Crippen molar-refractivity contribution in [3.8, 4) is 11.5 Å². The van der Waals surface area contributed by atoms with Crippen molar-refractivity contribution in [1.29, 1.82) is 0 Å². The van der Waals surface area contributed by atoms with Gasteiger partial charge in [-0.05, 0) is 31.4 Å². The van der Waals surface area contributed by atoms with Crippen LogP contribution in [-0.2, 0) is 13.0 Å². The van der Waals surface area contributed by atoms with Gasteiger partial charge in [-0.2, -0.15) is 0 Å². The fourth-order valence-electron chi connectivity index (χ4n) is 1.89. The predicted molar refractivity (Wildman–Crippen MR) is 76.6 cm³/mol. The standard InChI is InChI=1S/C15H23NO3/c1-4-5-13-8-12(9-14(19-3)15(13)18)10-16-11(2)6-7-17/h4,8-9,11,16-18H,1,5-7,10H2,2-3H3. The number of hydrogen-bond acceptors (Lipinski definition) is 4. The van der Waals surface area contributed by atoms with Gasteiger partial charge in [0.25, 0.3) is 0 Å². The van der Waals surface area contributed by atoms with Crippen molar-refractivity contribution in [3.63, 3.8) is 0 Å². The van der Waals surface area contributed by atoms with Crippen LogP contribution < -0.4 is 10.1 Å². The van der Waals surface area contributed by atoms with E-state index in [4.69, 9.17) is 9.84 Å². The second-order valence-corrected chi connectivity index (χ2v) is 4.59. The third kappa shape index (κ3) is 4.58. The van der Waals surface area contributed by atoms with Gasteiger partial charge in [0, 0.05) is 24.8 Å². The Morgan fingerprint density at radius 1 is 1.47 bits per heavy atom. The fraction of sp³-hybridized carbons (Fsp3) is 0.467. The number of phenolic OH excluding ortho intramolecular Hbond substituents is 1. The molecular weight excluding hydrogens is 242 g/mol. The van der Waals surface area contributed by atoms with Crippen molar-refractivity contribution in [1.82, 2.24) is 5.32 Å². The number of rotatable bonds is 8. The number of aliphatic hydroxyl groups is 1. The van der Waals surface area contributed by atoms with E-state index in [2.05, 4.69) is 11.9 Å². The van der Waals surface area contributed by atoms with Gasteiger partial charge in [0.05, 0.1) is 7.11 Å². The Labute approximate surface area is 114 Å². The summed E-state index contributed by atoms with van der Waals surface area (Å²) < 4.78 is 5.17. The molecule has 0 fully saturated rings. The van der Waals surface area contributed by atoms with Gasteiger partial charge in [0.1, 0.15) is 0 Å². The maximum Gasteiger partial charge on any atom is 0.161 e. The molecule has 4 nitrogen and oxygen atoms in total. The summed E-state index contributed by atoms with van der Waals surface area (Å²) in [6.45, 7) is 6.56. The molecule has 19 heavy (non-hydrogen) atoms. The quantitative estimate of drug-likeness (QED) is 0.629. The van der Waals surface area contributed by atoms with Gasteiger partial charge in [0.2, 0.25) is 0 Å². The first kappa shape index (κ1) is 15.5. The monoisotopic (exact) mass is 265 g/mol. The highest BCUT2D eigenvalue weighted by Gasteiger charge is 2.10. The van der Waals surface area contributed by atoms with E-state index in [0.29, 0.717) is 25.1 Å². The molecule has 0 spiro atoms. The lowest BCUT2D eigenvalue weighted by Gasteiger charge is -2.15. The molecular formula is C15H23NO3.